The average molecular weight is 326 g/mol. The van der Waals surface area contributed by atoms with Crippen LogP contribution in [0.15, 0.2) is 0 Å². The van der Waals surface area contributed by atoms with Crippen LogP contribution in [0.3, 0.4) is 0 Å². The normalized spacial score (nSPS) is 26.7. The first kappa shape index (κ1) is 18.0. The van der Waals surface area contributed by atoms with Gasteiger partial charge in [-0.15, -0.1) is 11.8 Å². The summed E-state index contributed by atoms with van der Waals surface area (Å²) in [5.74, 6) is -0.364. The Labute approximate surface area is 124 Å². The fourth-order valence-corrected chi connectivity index (χ4v) is 4.84. The minimum Gasteiger partial charge on any atom is -0.435 e. The van der Waals surface area contributed by atoms with Crippen molar-refractivity contribution in [2.45, 2.75) is 51.1 Å². The van der Waals surface area contributed by atoms with E-state index in [-0.39, 0.29) is 16.7 Å². The largest absolute Gasteiger partial charge is 0.435 e. The van der Waals surface area contributed by atoms with E-state index in [1.807, 2.05) is 6.92 Å². The zero-order valence-electron chi connectivity index (χ0n) is 12.4. The Balaban J connectivity index is 2.45. The van der Waals surface area contributed by atoms with Gasteiger partial charge in [-0.3, -0.25) is 9.36 Å². The molecular formula is C12H23O6PS. The van der Waals surface area contributed by atoms with Crippen molar-refractivity contribution < 1.29 is 27.9 Å². The highest BCUT2D eigenvalue weighted by molar-refractivity contribution is 8.00. The summed E-state index contributed by atoms with van der Waals surface area (Å²) < 4.78 is 33.5. The molecule has 0 aromatic heterocycles. The number of carbonyl (C=O) groups is 1. The molecule has 1 unspecified atom stereocenters. The van der Waals surface area contributed by atoms with Crippen LogP contribution in [0.2, 0.25) is 0 Å². The Morgan fingerprint density at radius 1 is 1.30 bits per heavy atom. The summed E-state index contributed by atoms with van der Waals surface area (Å²) in [6.07, 6.45) is 0.289. The number of hydrogen-bond acceptors (Lipinski definition) is 7. The molecule has 3 atom stereocenters. The Morgan fingerprint density at radius 3 is 2.40 bits per heavy atom. The second-order valence-electron chi connectivity index (χ2n) is 4.34. The van der Waals surface area contributed by atoms with Gasteiger partial charge in [0, 0.05) is 6.92 Å². The van der Waals surface area contributed by atoms with Gasteiger partial charge < -0.3 is 18.5 Å². The summed E-state index contributed by atoms with van der Waals surface area (Å²) in [7, 11) is -3.04. The monoisotopic (exact) mass is 326 g/mol. The minimum absolute atomic E-state index is 0.0578. The van der Waals surface area contributed by atoms with E-state index in [1.54, 1.807) is 25.6 Å². The lowest BCUT2D eigenvalue weighted by Crippen LogP contribution is -2.24. The summed E-state index contributed by atoms with van der Waals surface area (Å²) >= 11 is 1.56. The fraction of sp³-hybridized carbons (Fsp3) is 0.917. The van der Waals surface area contributed by atoms with Crippen LogP contribution in [-0.2, 0) is 27.9 Å². The van der Waals surface area contributed by atoms with Gasteiger partial charge in [0.15, 0.2) is 0 Å². The fourth-order valence-electron chi connectivity index (χ4n) is 1.84. The maximum Gasteiger partial charge on any atom is 0.330 e. The average Bonchev–Trinajstić information content (AvgIpc) is 2.68. The van der Waals surface area contributed by atoms with Gasteiger partial charge in [0.05, 0.1) is 24.6 Å². The Bertz CT molecular complexity index is 354. The van der Waals surface area contributed by atoms with Crippen LogP contribution < -0.4 is 0 Å². The molecule has 0 aliphatic carbocycles. The lowest BCUT2D eigenvalue weighted by atomic mass is 10.4. The van der Waals surface area contributed by atoms with Crippen LogP contribution in [0, 0.1) is 0 Å². The summed E-state index contributed by atoms with van der Waals surface area (Å²) in [5, 5.41) is 0.0578. The molecule has 0 bridgehead atoms. The molecule has 1 aliphatic heterocycles. The molecule has 0 aromatic carbocycles. The van der Waals surface area contributed by atoms with Gasteiger partial charge in [-0.05, 0) is 27.2 Å². The first-order valence-electron chi connectivity index (χ1n) is 6.76. The van der Waals surface area contributed by atoms with Crippen LogP contribution >= 0.6 is 19.4 Å². The predicted molar refractivity (Wildman–Crippen MR) is 77.8 cm³/mol. The van der Waals surface area contributed by atoms with Crippen molar-refractivity contribution in [2.24, 2.45) is 0 Å². The molecule has 1 heterocycles. The van der Waals surface area contributed by atoms with E-state index < -0.39 is 13.9 Å². The van der Waals surface area contributed by atoms with Crippen molar-refractivity contribution in [1.82, 2.24) is 0 Å². The Morgan fingerprint density at radius 2 is 1.90 bits per heavy atom. The lowest BCUT2D eigenvalue weighted by Gasteiger charge is -2.18. The van der Waals surface area contributed by atoms with Crippen LogP contribution in [0.4, 0.5) is 0 Å². The number of thioether (sulfide) groups is 1. The molecule has 1 saturated heterocycles. The third-order valence-electron chi connectivity index (χ3n) is 2.61. The van der Waals surface area contributed by atoms with E-state index in [0.29, 0.717) is 25.8 Å². The molecule has 6 nitrogen and oxygen atoms in total. The molecule has 1 rings (SSSR count). The number of rotatable bonds is 8. The van der Waals surface area contributed by atoms with Crippen molar-refractivity contribution >= 4 is 25.3 Å². The second-order valence-corrected chi connectivity index (χ2v) is 8.07. The van der Waals surface area contributed by atoms with E-state index >= 15 is 0 Å². The molecular weight excluding hydrogens is 303 g/mol. The van der Waals surface area contributed by atoms with Crippen molar-refractivity contribution in [1.29, 1.82) is 0 Å². The highest BCUT2D eigenvalue weighted by Crippen LogP contribution is 2.50. The van der Waals surface area contributed by atoms with Crippen LogP contribution in [-0.4, -0.2) is 42.3 Å². The van der Waals surface area contributed by atoms with Gasteiger partial charge in [-0.25, -0.2) is 0 Å². The van der Waals surface area contributed by atoms with Gasteiger partial charge in [0.2, 0.25) is 6.29 Å². The molecule has 1 fully saturated rings. The van der Waals surface area contributed by atoms with E-state index in [9.17, 15) is 9.36 Å². The van der Waals surface area contributed by atoms with Gasteiger partial charge in [0.25, 0.3) is 0 Å². The Kier molecular flexibility index (Phi) is 7.54. The van der Waals surface area contributed by atoms with E-state index in [0.717, 1.165) is 0 Å². The summed E-state index contributed by atoms with van der Waals surface area (Å²) in [5.41, 5.74) is -0.163. The highest BCUT2D eigenvalue weighted by Gasteiger charge is 2.36. The number of carbonyl (C=O) groups excluding carboxylic acids is 1. The molecule has 0 amide bonds. The SMILES string of the molecule is CCOP(=O)(CC[C@H]1OC(OC(C)=O)[C@@H](C)S1)OCC. The van der Waals surface area contributed by atoms with Crippen LogP contribution in [0.5, 0.6) is 0 Å². The summed E-state index contributed by atoms with van der Waals surface area (Å²) in [4.78, 5) is 10.9. The first-order valence-corrected chi connectivity index (χ1v) is 9.43. The van der Waals surface area contributed by atoms with Crippen LogP contribution in [0.25, 0.3) is 0 Å². The number of hydrogen-bond donors (Lipinski definition) is 0. The van der Waals surface area contributed by atoms with Gasteiger partial charge in [-0.2, -0.15) is 0 Å². The van der Waals surface area contributed by atoms with Gasteiger partial charge >= 0.3 is 13.6 Å². The zero-order valence-corrected chi connectivity index (χ0v) is 14.1. The van der Waals surface area contributed by atoms with E-state index in [2.05, 4.69) is 0 Å². The summed E-state index contributed by atoms with van der Waals surface area (Å²) in [6.45, 7) is 7.55. The smallest absolute Gasteiger partial charge is 0.330 e. The van der Waals surface area contributed by atoms with Crippen molar-refractivity contribution in [2.75, 3.05) is 19.4 Å². The third kappa shape index (κ3) is 5.74. The van der Waals surface area contributed by atoms with E-state index in [4.69, 9.17) is 18.5 Å². The summed E-state index contributed by atoms with van der Waals surface area (Å²) in [6, 6.07) is 0. The lowest BCUT2D eigenvalue weighted by molar-refractivity contribution is -0.174. The molecule has 118 valence electrons. The standard InChI is InChI=1S/C12H23O6PS/c1-5-15-19(14,16-6-2)8-7-11-18-12(9(3)20-11)17-10(4)13/h9,11-12H,5-8H2,1-4H3/t9-,11+,12?/m1/s1. The molecule has 1 aliphatic rings. The number of esters is 1. The maximum absolute atomic E-state index is 12.3. The molecule has 20 heavy (non-hydrogen) atoms. The molecule has 0 saturated carbocycles. The first-order chi connectivity index (χ1) is 9.40. The molecule has 0 N–H and O–H groups in total. The highest BCUT2D eigenvalue weighted by atomic mass is 32.2. The maximum atomic E-state index is 12.3. The van der Waals surface area contributed by atoms with Gasteiger partial charge in [0.1, 0.15) is 5.44 Å². The van der Waals surface area contributed by atoms with Crippen LogP contribution in [0.1, 0.15) is 34.1 Å². The topological polar surface area (TPSA) is 71.1 Å². The third-order valence-corrected chi connectivity index (χ3v) is 6.02. The van der Waals surface area contributed by atoms with E-state index in [1.165, 1.54) is 6.92 Å². The molecule has 0 spiro atoms. The minimum atomic E-state index is -3.04. The van der Waals surface area contributed by atoms with Crippen molar-refractivity contribution in [3.8, 4) is 0 Å². The second kappa shape index (κ2) is 8.39. The number of ether oxygens (including phenoxy) is 2. The predicted octanol–water partition coefficient (Wildman–Crippen LogP) is 3.01. The van der Waals surface area contributed by atoms with Crippen molar-refractivity contribution in [3.63, 3.8) is 0 Å². The molecule has 0 radical (unpaired) electrons. The molecule has 8 heteroatoms. The Hall–Kier alpha value is -0.0700. The molecule has 0 aromatic rings. The quantitative estimate of drug-likeness (QED) is 0.501. The van der Waals surface area contributed by atoms with Gasteiger partial charge in [-0.1, -0.05) is 0 Å². The van der Waals surface area contributed by atoms with Crippen molar-refractivity contribution in [3.05, 3.63) is 0 Å². The zero-order chi connectivity index (χ0) is 15.2.